The van der Waals surface area contributed by atoms with Crippen LogP contribution in [-0.2, 0) is 22.6 Å². The largest absolute Gasteiger partial charge is 0.512 e. The highest BCUT2D eigenvalue weighted by molar-refractivity contribution is 6.32. The van der Waals surface area contributed by atoms with Gasteiger partial charge in [-0.1, -0.05) is 30.7 Å². The van der Waals surface area contributed by atoms with Crippen LogP contribution in [0, 0.1) is 23.2 Å². The van der Waals surface area contributed by atoms with Gasteiger partial charge in [0, 0.05) is 53.5 Å². The van der Waals surface area contributed by atoms with Crippen LogP contribution in [0.2, 0.25) is 5.02 Å². The number of benzene rings is 1. The molecule has 9 heteroatoms. The number of hydrogen-bond acceptors (Lipinski definition) is 7. The van der Waals surface area contributed by atoms with Crippen molar-refractivity contribution >= 4 is 29.1 Å². The lowest BCUT2D eigenvalue weighted by Gasteiger charge is -2.49. The number of aliphatic hydroxyl groups excluding tert-OH is 3. The summed E-state index contributed by atoms with van der Waals surface area (Å²) in [4.78, 5) is 28.2. The molecule has 0 saturated heterocycles. The second-order valence-electron chi connectivity index (χ2n) is 10.4. The molecule has 4 unspecified atom stereocenters. The molecule has 8 nitrogen and oxygen atoms in total. The van der Waals surface area contributed by atoms with Gasteiger partial charge in [0.05, 0.1) is 17.7 Å². The first kappa shape index (κ1) is 23.9. The molecule has 0 aromatic heterocycles. The minimum Gasteiger partial charge on any atom is -0.512 e. The van der Waals surface area contributed by atoms with E-state index >= 15 is 0 Å². The van der Waals surface area contributed by atoms with E-state index in [-0.39, 0.29) is 52.2 Å². The van der Waals surface area contributed by atoms with Crippen LogP contribution in [0.15, 0.2) is 35.1 Å². The number of fused-ring (bicyclic) bond motifs is 3. The number of phenolic OH excluding ortho intramolecular Hbond substituents is 1. The van der Waals surface area contributed by atoms with E-state index in [9.17, 15) is 30.0 Å². The van der Waals surface area contributed by atoms with Crippen molar-refractivity contribution in [3.63, 3.8) is 0 Å². The van der Waals surface area contributed by atoms with Crippen LogP contribution in [-0.4, -0.2) is 56.7 Å². The molecule has 4 atom stereocenters. The lowest BCUT2D eigenvalue weighted by Crippen LogP contribution is -2.53. The molecule has 0 bridgehead atoms. The van der Waals surface area contributed by atoms with Crippen molar-refractivity contribution in [2.75, 3.05) is 19.7 Å². The molecule has 1 aromatic rings. The molecule has 1 saturated carbocycles. The number of hydrogen-bond donors (Lipinski definition) is 5. The molecule has 186 valence electrons. The topological polar surface area (TPSA) is 144 Å². The standard InChI is InChI=1S/C26H29ClN2O6/c1-26(11-30)20-13(9-17(31)21(26)25(28)35)6-12-7-15-16(27)8-14(10-29-4-2-3-5-29)22(32)19(15)23(33)18(12)24(20)34/h2-3,8,12-13,20,30-33H,4-7,9-11H2,1H3,(H2,28,35). The summed E-state index contributed by atoms with van der Waals surface area (Å²) in [6.45, 7) is 2.90. The average molecular weight is 501 g/mol. The first-order valence-electron chi connectivity index (χ1n) is 11.8. The summed E-state index contributed by atoms with van der Waals surface area (Å²) in [6.07, 6.45) is 4.95. The fraction of sp³-hybridized carbons (Fsp3) is 0.462. The zero-order valence-electron chi connectivity index (χ0n) is 19.4. The number of Topliss-reactive ketones (excluding diaryl/α,β-unsaturated/α-hetero) is 1. The molecule has 0 spiro atoms. The van der Waals surface area contributed by atoms with Gasteiger partial charge in [-0.05, 0) is 36.3 Å². The zero-order chi connectivity index (χ0) is 25.2. The molecule has 1 aromatic carbocycles. The van der Waals surface area contributed by atoms with Crippen molar-refractivity contribution in [1.29, 1.82) is 0 Å². The second kappa shape index (κ2) is 8.40. The molecule has 5 rings (SSSR count). The monoisotopic (exact) mass is 500 g/mol. The van der Waals surface area contributed by atoms with Crippen LogP contribution in [0.1, 0.15) is 36.5 Å². The summed E-state index contributed by atoms with van der Waals surface area (Å²) < 4.78 is 0. The van der Waals surface area contributed by atoms with Gasteiger partial charge < -0.3 is 26.2 Å². The summed E-state index contributed by atoms with van der Waals surface area (Å²) >= 11 is 6.62. The summed E-state index contributed by atoms with van der Waals surface area (Å²) in [5.41, 5.74) is 5.49. The van der Waals surface area contributed by atoms with E-state index in [1.54, 1.807) is 13.0 Å². The molecule has 1 aliphatic heterocycles. The van der Waals surface area contributed by atoms with Crippen LogP contribution in [0.25, 0.3) is 5.76 Å². The van der Waals surface area contributed by atoms with E-state index in [2.05, 4.69) is 4.90 Å². The third kappa shape index (κ3) is 3.50. The van der Waals surface area contributed by atoms with E-state index in [0.717, 1.165) is 13.1 Å². The summed E-state index contributed by atoms with van der Waals surface area (Å²) in [6, 6.07) is 1.72. The lowest BCUT2D eigenvalue weighted by molar-refractivity contribution is -0.131. The van der Waals surface area contributed by atoms with Crippen LogP contribution in [0.3, 0.4) is 0 Å². The smallest absolute Gasteiger partial charge is 0.248 e. The number of aromatic hydroxyl groups is 1. The number of nitrogens with two attached hydrogens (primary N) is 1. The highest BCUT2D eigenvalue weighted by Crippen LogP contribution is 2.56. The van der Waals surface area contributed by atoms with Crippen molar-refractivity contribution in [3.8, 4) is 5.75 Å². The van der Waals surface area contributed by atoms with Crippen LogP contribution in [0.5, 0.6) is 5.75 Å². The lowest BCUT2D eigenvalue weighted by atomic mass is 9.53. The SMILES string of the molecule is CC1(CO)C(C(N)=O)=C(O)CC2CC3Cc4c(Cl)cc(CN5CC=CC5)c(O)c4C(O)=C3C(=O)C21. The van der Waals surface area contributed by atoms with Gasteiger partial charge in [-0.3, -0.25) is 14.5 Å². The Bertz CT molecular complexity index is 1230. The van der Waals surface area contributed by atoms with Gasteiger partial charge in [0.25, 0.3) is 0 Å². The van der Waals surface area contributed by atoms with Gasteiger partial charge >= 0.3 is 0 Å². The molecular weight excluding hydrogens is 472 g/mol. The fourth-order valence-corrected chi connectivity index (χ4v) is 7.03. The number of allylic oxidation sites excluding steroid dienone is 2. The zero-order valence-corrected chi connectivity index (χ0v) is 20.2. The number of amides is 1. The van der Waals surface area contributed by atoms with Crippen LogP contribution in [0.4, 0.5) is 0 Å². The number of primary amides is 1. The number of phenols is 1. The first-order chi connectivity index (χ1) is 16.6. The molecular formula is C26H29ClN2O6. The number of ketones is 1. The quantitative estimate of drug-likeness (QED) is 0.400. The number of carbonyl (C=O) groups excluding carboxylic acids is 2. The minimum absolute atomic E-state index is 0.0868. The average Bonchev–Trinajstić information content (AvgIpc) is 3.29. The third-order valence-corrected chi connectivity index (χ3v) is 8.59. The first-order valence-corrected chi connectivity index (χ1v) is 12.2. The van der Waals surface area contributed by atoms with E-state index in [1.807, 2.05) is 12.2 Å². The van der Waals surface area contributed by atoms with E-state index in [4.69, 9.17) is 17.3 Å². The number of halogens is 1. The van der Waals surface area contributed by atoms with Gasteiger partial charge in [-0.25, -0.2) is 0 Å². The van der Waals surface area contributed by atoms with Gasteiger partial charge in [0.2, 0.25) is 5.91 Å². The highest BCUT2D eigenvalue weighted by atomic mass is 35.5. The molecule has 1 heterocycles. The Kier molecular flexibility index (Phi) is 5.74. The molecule has 1 fully saturated rings. The number of rotatable bonds is 4. The predicted octanol–water partition coefficient (Wildman–Crippen LogP) is 2.76. The number of carbonyl (C=O) groups is 2. The van der Waals surface area contributed by atoms with Crippen molar-refractivity contribution in [3.05, 3.63) is 56.8 Å². The third-order valence-electron chi connectivity index (χ3n) is 8.25. The number of nitrogens with zero attached hydrogens (tertiary/aromatic N) is 1. The van der Waals surface area contributed by atoms with E-state index in [1.165, 1.54) is 0 Å². The molecule has 1 amide bonds. The Morgan fingerprint density at radius 2 is 1.91 bits per heavy atom. The maximum atomic E-state index is 13.9. The van der Waals surface area contributed by atoms with Gasteiger partial charge in [-0.15, -0.1) is 0 Å². The highest BCUT2D eigenvalue weighted by Gasteiger charge is 2.57. The Labute approximate surface area is 208 Å². The predicted molar refractivity (Wildman–Crippen MR) is 130 cm³/mol. The van der Waals surface area contributed by atoms with Crippen molar-refractivity contribution in [2.24, 2.45) is 28.9 Å². The molecule has 3 aliphatic carbocycles. The molecule has 4 aliphatic rings. The Balaban J connectivity index is 1.61. The molecule has 35 heavy (non-hydrogen) atoms. The minimum atomic E-state index is -1.39. The molecule has 0 radical (unpaired) electrons. The Morgan fingerprint density at radius 1 is 1.23 bits per heavy atom. The van der Waals surface area contributed by atoms with Crippen LogP contribution < -0.4 is 5.73 Å². The summed E-state index contributed by atoms with van der Waals surface area (Å²) in [5, 5.41) is 43.8. The normalized spacial score (nSPS) is 30.4. The molecule has 6 N–H and O–H groups in total. The van der Waals surface area contributed by atoms with Crippen LogP contribution >= 0.6 is 11.6 Å². The summed E-state index contributed by atoms with van der Waals surface area (Å²) in [5.74, 6) is -3.46. The maximum absolute atomic E-state index is 13.9. The van der Waals surface area contributed by atoms with Gasteiger partial charge in [-0.2, -0.15) is 0 Å². The maximum Gasteiger partial charge on any atom is 0.248 e. The van der Waals surface area contributed by atoms with Crippen molar-refractivity contribution < 1.29 is 30.0 Å². The van der Waals surface area contributed by atoms with Crippen molar-refractivity contribution in [2.45, 2.75) is 32.7 Å². The number of aliphatic hydroxyl groups is 3. The van der Waals surface area contributed by atoms with E-state index < -0.39 is 29.6 Å². The fourth-order valence-electron chi connectivity index (χ4n) is 6.72. The van der Waals surface area contributed by atoms with Crippen molar-refractivity contribution in [1.82, 2.24) is 4.90 Å². The van der Waals surface area contributed by atoms with Gasteiger partial charge in [0.15, 0.2) is 5.78 Å². The second-order valence-corrected chi connectivity index (χ2v) is 10.8. The summed E-state index contributed by atoms with van der Waals surface area (Å²) in [7, 11) is 0. The van der Waals surface area contributed by atoms with Gasteiger partial charge in [0.1, 0.15) is 17.3 Å². The Hall–Kier alpha value is -2.81. The Morgan fingerprint density at radius 3 is 2.54 bits per heavy atom. The van der Waals surface area contributed by atoms with E-state index in [0.29, 0.717) is 35.5 Å².